The third-order valence-corrected chi connectivity index (χ3v) is 4.44. The second-order valence-electron chi connectivity index (χ2n) is 6.41. The molecule has 0 saturated heterocycles. The topological polar surface area (TPSA) is 66.5 Å². The van der Waals surface area contributed by atoms with Crippen LogP contribution in [-0.2, 0) is 6.18 Å². The summed E-state index contributed by atoms with van der Waals surface area (Å²) in [5.74, 6) is 0.372. The summed E-state index contributed by atoms with van der Waals surface area (Å²) in [4.78, 5) is 0. The zero-order chi connectivity index (χ0) is 20.6. The van der Waals surface area contributed by atoms with Crippen LogP contribution in [0.1, 0.15) is 5.56 Å². The van der Waals surface area contributed by atoms with Crippen LogP contribution in [0.3, 0.4) is 0 Å². The first-order valence-corrected chi connectivity index (χ1v) is 8.59. The van der Waals surface area contributed by atoms with Gasteiger partial charge in [-0.05, 0) is 66.2 Å². The molecule has 0 saturated carbocycles. The molecule has 3 aromatic carbocycles. The molecule has 29 heavy (non-hydrogen) atoms. The van der Waals surface area contributed by atoms with Gasteiger partial charge in [0.05, 0.1) is 11.1 Å². The Morgan fingerprint density at radius 2 is 1.31 bits per heavy atom. The normalized spacial score (nSPS) is 11.6. The van der Waals surface area contributed by atoms with Crippen molar-refractivity contribution in [3.05, 3.63) is 78.4 Å². The van der Waals surface area contributed by atoms with Crippen molar-refractivity contribution in [2.24, 2.45) is 0 Å². The van der Waals surface area contributed by atoms with Crippen molar-refractivity contribution >= 4 is 0 Å². The number of hydrogen-bond donors (Lipinski definition) is 2. The lowest BCUT2D eigenvalue weighted by atomic mass is 9.95. The number of hydrogen-bond acceptors (Lipinski definition) is 4. The highest BCUT2D eigenvalue weighted by atomic mass is 19.4. The zero-order valence-electron chi connectivity index (χ0n) is 14.8. The Kier molecular flexibility index (Phi) is 4.50. The first-order chi connectivity index (χ1) is 13.8. The van der Waals surface area contributed by atoms with Crippen LogP contribution < -0.4 is 0 Å². The highest BCUT2D eigenvalue weighted by Crippen LogP contribution is 2.42. The van der Waals surface area contributed by atoms with Crippen LogP contribution in [0.25, 0.3) is 33.7 Å². The number of nitrogens with zero attached hydrogens (tertiary/aromatic N) is 1. The van der Waals surface area contributed by atoms with Crippen LogP contribution in [0, 0.1) is 0 Å². The Morgan fingerprint density at radius 1 is 0.724 bits per heavy atom. The Bertz CT molecular complexity index is 1080. The maximum atomic E-state index is 13.3. The van der Waals surface area contributed by atoms with E-state index in [1.165, 1.54) is 30.3 Å². The summed E-state index contributed by atoms with van der Waals surface area (Å²) in [6.45, 7) is 0. The molecule has 0 aliphatic carbocycles. The van der Waals surface area contributed by atoms with Gasteiger partial charge in [-0.2, -0.15) is 13.2 Å². The van der Waals surface area contributed by atoms with Crippen molar-refractivity contribution < 1.29 is 27.9 Å². The third kappa shape index (κ3) is 3.67. The van der Waals surface area contributed by atoms with Crippen LogP contribution in [-0.4, -0.2) is 15.4 Å². The van der Waals surface area contributed by atoms with Crippen molar-refractivity contribution in [2.45, 2.75) is 6.18 Å². The van der Waals surface area contributed by atoms with Crippen molar-refractivity contribution in [3.63, 3.8) is 0 Å². The molecule has 2 N–H and O–H groups in total. The van der Waals surface area contributed by atoms with Crippen LogP contribution in [0.5, 0.6) is 11.5 Å². The Labute approximate surface area is 163 Å². The minimum Gasteiger partial charge on any atom is -0.508 e. The van der Waals surface area contributed by atoms with E-state index in [0.717, 1.165) is 12.1 Å². The minimum absolute atomic E-state index is 0.0487. The molecule has 1 heterocycles. The number of aromatic nitrogens is 1. The highest BCUT2D eigenvalue weighted by Gasteiger charge is 2.31. The van der Waals surface area contributed by atoms with Crippen LogP contribution >= 0.6 is 0 Å². The van der Waals surface area contributed by atoms with Crippen molar-refractivity contribution in [1.82, 2.24) is 5.16 Å². The van der Waals surface area contributed by atoms with E-state index in [1.54, 1.807) is 30.3 Å². The van der Waals surface area contributed by atoms with Gasteiger partial charge in [-0.25, -0.2) is 0 Å². The van der Waals surface area contributed by atoms with Crippen molar-refractivity contribution in [3.8, 4) is 45.2 Å². The van der Waals surface area contributed by atoms with Gasteiger partial charge in [-0.15, -0.1) is 0 Å². The Hall–Kier alpha value is -3.74. The Morgan fingerprint density at radius 3 is 1.90 bits per heavy atom. The molecular formula is C22H14F3NO3. The minimum atomic E-state index is -4.50. The molecule has 1 aromatic heterocycles. The molecule has 4 rings (SSSR count). The molecule has 0 amide bonds. The third-order valence-electron chi connectivity index (χ3n) is 4.44. The number of halogens is 3. The van der Waals surface area contributed by atoms with E-state index in [4.69, 9.17) is 4.52 Å². The summed E-state index contributed by atoms with van der Waals surface area (Å²) >= 11 is 0. The zero-order valence-corrected chi connectivity index (χ0v) is 14.8. The van der Waals surface area contributed by atoms with Gasteiger partial charge in [0.2, 0.25) is 0 Å². The number of phenolic OH excluding ortho intramolecular Hbond substituents is 2. The lowest BCUT2D eigenvalue weighted by Gasteiger charge is -2.10. The van der Waals surface area contributed by atoms with Gasteiger partial charge in [0.25, 0.3) is 0 Å². The molecule has 0 aliphatic heterocycles. The molecule has 0 bridgehead atoms. The first kappa shape index (κ1) is 18.6. The van der Waals surface area contributed by atoms with Crippen molar-refractivity contribution in [1.29, 1.82) is 0 Å². The Balaban J connectivity index is 1.95. The number of rotatable bonds is 3. The molecule has 0 unspecified atom stereocenters. The van der Waals surface area contributed by atoms with Crippen molar-refractivity contribution in [2.75, 3.05) is 0 Å². The molecule has 0 aliphatic rings. The van der Waals surface area contributed by atoms with Gasteiger partial charge in [0.1, 0.15) is 17.2 Å². The van der Waals surface area contributed by atoms with Gasteiger partial charge in [-0.3, -0.25) is 0 Å². The van der Waals surface area contributed by atoms with E-state index in [2.05, 4.69) is 5.16 Å². The first-order valence-electron chi connectivity index (χ1n) is 8.59. The molecule has 146 valence electrons. The fraction of sp³-hybridized carbons (Fsp3) is 0.0455. The molecule has 7 heteroatoms. The van der Waals surface area contributed by atoms with E-state index in [0.29, 0.717) is 22.4 Å². The number of benzene rings is 3. The van der Waals surface area contributed by atoms with Crippen LogP contribution in [0.4, 0.5) is 13.2 Å². The quantitative estimate of drug-likeness (QED) is 0.438. The molecule has 0 spiro atoms. The van der Waals surface area contributed by atoms with Crippen LogP contribution in [0.2, 0.25) is 0 Å². The molecular weight excluding hydrogens is 383 g/mol. The van der Waals surface area contributed by atoms with Gasteiger partial charge in [0.15, 0.2) is 5.76 Å². The fourth-order valence-electron chi connectivity index (χ4n) is 3.04. The van der Waals surface area contributed by atoms with E-state index in [-0.39, 0.29) is 22.8 Å². The second kappa shape index (κ2) is 7.01. The van der Waals surface area contributed by atoms with E-state index in [1.807, 2.05) is 0 Å². The van der Waals surface area contributed by atoms with Gasteiger partial charge < -0.3 is 14.7 Å². The fourth-order valence-corrected chi connectivity index (χ4v) is 3.04. The second-order valence-corrected chi connectivity index (χ2v) is 6.41. The predicted octanol–water partition coefficient (Wildman–Crippen LogP) is 6.11. The smallest absolute Gasteiger partial charge is 0.416 e. The number of alkyl halides is 3. The number of aromatic hydroxyl groups is 2. The molecule has 4 nitrogen and oxygen atoms in total. The summed E-state index contributed by atoms with van der Waals surface area (Å²) in [5, 5.41) is 23.1. The SMILES string of the molecule is Oc1ccc(-c2noc(-c3ccc(O)cc3)c2-c2cccc(C(F)(F)F)c2)cc1. The van der Waals surface area contributed by atoms with Crippen LogP contribution in [0.15, 0.2) is 77.3 Å². The summed E-state index contributed by atoms with van der Waals surface area (Å²) in [6.07, 6.45) is -4.50. The average molecular weight is 397 g/mol. The summed E-state index contributed by atoms with van der Waals surface area (Å²) in [7, 11) is 0. The van der Waals surface area contributed by atoms with Gasteiger partial charge in [0, 0.05) is 11.1 Å². The lowest BCUT2D eigenvalue weighted by molar-refractivity contribution is -0.137. The molecule has 0 atom stereocenters. The summed E-state index contributed by atoms with van der Waals surface area (Å²) in [6, 6.07) is 17.1. The van der Waals surface area contributed by atoms with E-state index < -0.39 is 11.7 Å². The standard InChI is InChI=1S/C22H14F3NO3/c23-22(24,25)16-3-1-2-15(12-16)19-20(13-4-8-17(27)9-5-13)26-29-21(19)14-6-10-18(28)11-7-14/h1-12,27-28H. The summed E-state index contributed by atoms with van der Waals surface area (Å²) in [5.41, 5.74) is 1.34. The maximum Gasteiger partial charge on any atom is 0.416 e. The highest BCUT2D eigenvalue weighted by molar-refractivity contribution is 5.90. The van der Waals surface area contributed by atoms with Gasteiger partial charge >= 0.3 is 6.18 Å². The monoisotopic (exact) mass is 397 g/mol. The number of phenols is 2. The van der Waals surface area contributed by atoms with E-state index in [9.17, 15) is 23.4 Å². The predicted molar refractivity (Wildman–Crippen MR) is 101 cm³/mol. The largest absolute Gasteiger partial charge is 0.508 e. The van der Waals surface area contributed by atoms with E-state index >= 15 is 0 Å². The molecule has 0 fully saturated rings. The average Bonchev–Trinajstić information content (AvgIpc) is 3.13. The molecule has 0 radical (unpaired) electrons. The maximum absolute atomic E-state index is 13.3. The molecule has 4 aromatic rings. The lowest BCUT2D eigenvalue weighted by Crippen LogP contribution is -2.04. The summed E-state index contributed by atoms with van der Waals surface area (Å²) < 4.78 is 45.3. The van der Waals surface area contributed by atoms with Gasteiger partial charge in [-0.1, -0.05) is 17.3 Å².